The molecule has 0 aliphatic heterocycles. The first-order valence-corrected chi connectivity index (χ1v) is 7.26. The smallest absolute Gasteiger partial charge is 0.404 e. The quantitative estimate of drug-likeness (QED) is 0.387. The molecule has 2 rings (SSSR count). The maximum absolute atomic E-state index is 12.3. The molecule has 1 heterocycles. The van der Waals surface area contributed by atoms with E-state index in [0.717, 1.165) is 6.07 Å². The van der Waals surface area contributed by atoms with Crippen molar-refractivity contribution >= 4 is 17.7 Å². The summed E-state index contributed by atoms with van der Waals surface area (Å²) in [6.45, 7) is 1.67. The van der Waals surface area contributed by atoms with E-state index in [2.05, 4.69) is 15.7 Å². The van der Waals surface area contributed by atoms with Gasteiger partial charge in [0.2, 0.25) is 5.88 Å². The van der Waals surface area contributed by atoms with E-state index < -0.39 is 18.0 Å². The number of phenolic OH excluding ortho intramolecular Hbond substituents is 2. The van der Waals surface area contributed by atoms with Gasteiger partial charge in [-0.15, -0.1) is 5.10 Å². The maximum atomic E-state index is 12.3. The van der Waals surface area contributed by atoms with Crippen LogP contribution >= 0.6 is 0 Å². The van der Waals surface area contributed by atoms with Crippen LogP contribution in [0.25, 0.3) is 0 Å². The summed E-state index contributed by atoms with van der Waals surface area (Å²) >= 11 is 0. The lowest BCUT2D eigenvalue weighted by atomic mass is 10.2. The summed E-state index contributed by atoms with van der Waals surface area (Å²) in [6.07, 6.45) is -1.16. The van der Waals surface area contributed by atoms with Crippen molar-refractivity contribution in [2.24, 2.45) is 7.05 Å². The van der Waals surface area contributed by atoms with Crippen LogP contribution in [0.2, 0.25) is 0 Å². The highest BCUT2D eigenvalue weighted by Crippen LogP contribution is 2.27. The predicted molar refractivity (Wildman–Crippen MR) is 87.1 cm³/mol. The van der Waals surface area contributed by atoms with E-state index in [9.17, 15) is 19.8 Å². The SMILES string of the molecule is C[C@@H](COc1cc(C(=O)Nc2ccc(O)cc2O)n(C)n1)NC(=O)O. The number of nitrogens with zero attached hydrogens (tertiary/aromatic N) is 2. The predicted octanol–water partition coefficient (Wildman–Crippen LogP) is 1.12. The second-order valence-electron chi connectivity index (χ2n) is 5.31. The van der Waals surface area contributed by atoms with E-state index in [1.807, 2.05) is 0 Å². The van der Waals surface area contributed by atoms with E-state index in [1.54, 1.807) is 6.92 Å². The van der Waals surface area contributed by atoms with E-state index in [-0.39, 0.29) is 35.4 Å². The van der Waals surface area contributed by atoms with E-state index in [4.69, 9.17) is 9.84 Å². The highest BCUT2D eigenvalue weighted by molar-refractivity contribution is 6.04. The zero-order chi connectivity index (χ0) is 18.6. The third-order valence-corrected chi connectivity index (χ3v) is 3.17. The minimum Gasteiger partial charge on any atom is -0.508 e. The Morgan fingerprint density at radius 1 is 1.32 bits per heavy atom. The van der Waals surface area contributed by atoms with Gasteiger partial charge in [-0.25, -0.2) is 4.79 Å². The van der Waals surface area contributed by atoms with Gasteiger partial charge in [-0.2, -0.15) is 0 Å². The molecule has 0 bridgehead atoms. The first kappa shape index (κ1) is 17.9. The zero-order valence-corrected chi connectivity index (χ0v) is 13.6. The number of ether oxygens (including phenoxy) is 1. The average molecular weight is 350 g/mol. The van der Waals surface area contributed by atoms with Gasteiger partial charge in [0.25, 0.3) is 5.91 Å². The lowest BCUT2D eigenvalue weighted by molar-refractivity contribution is 0.101. The Kier molecular flexibility index (Phi) is 5.32. The Balaban J connectivity index is 2.03. The molecule has 0 aliphatic carbocycles. The van der Waals surface area contributed by atoms with Crippen molar-refractivity contribution in [3.63, 3.8) is 0 Å². The van der Waals surface area contributed by atoms with Gasteiger partial charge in [-0.1, -0.05) is 0 Å². The fourth-order valence-corrected chi connectivity index (χ4v) is 2.00. The summed E-state index contributed by atoms with van der Waals surface area (Å²) in [5, 5.41) is 36.3. The number of aromatic nitrogens is 2. The molecule has 0 radical (unpaired) electrons. The molecule has 25 heavy (non-hydrogen) atoms. The second kappa shape index (κ2) is 7.43. The van der Waals surface area contributed by atoms with Crippen LogP contribution in [0.5, 0.6) is 17.4 Å². The molecule has 0 saturated carbocycles. The van der Waals surface area contributed by atoms with E-state index in [1.165, 1.54) is 29.9 Å². The van der Waals surface area contributed by atoms with Gasteiger partial charge in [-0.05, 0) is 19.1 Å². The van der Waals surface area contributed by atoms with Crippen LogP contribution in [0.15, 0.2) is 24.3 Å². The Bertz CT molecular complexity index is 788. The average Bonchev–Trinajstić information content (AvgIpc) is 2.88. The number of nitrogens with one attached hydrogen (secondary N) is 2. The van der Waals surface area contributed by atoms with Crippen LogP contribution in [0.3, 0.4) is 0 Å². The number of phenols is 2. The fraction of sp³-hybridized carbons (Fsp3) is 0.267. The van der Waals surface area contributed by atoms with Gasteiger partial charge >= 0.3 is 6.09 Å². The van der Waals surface area contributed by atoms with Crippen LogP contribution in [0.1, 0.15) is 17.4 Å². The van der Waals surface area contributed by atoms with Crippen LogP contribution < -0.4 is 15.4 Å². The van der Waals surface area contributed by atoms with Crippen molar-refractivity contribution in [1.29, 1.82) is 0 Å². The molecule has 0 aliphatic rings. The molecule has 1 atom stereocenters. The summed E-state index contributed by atoms with van der Waals surface area (Å²) in [4.78, 5) is 22.8. The van der Waals surface area contributed by atoms with Gasteiger partial charge in [0.05, 0.1) is 11.7 Å². The van der Waals surface area contributed by atoms with Crippen molar-refractivity contribution in [3.8, 4) is 17.4 Å². The van der Waals surface area contributed by atoms with Crippen LogP contribution in [0, 0.1) is 0 Å². The van der Waals surface area contributed by atoms with E-state index in [0.29, 0.717) is 0 Å². The molecule has 0 fully saturated rings. The molecule has 0 spiro atoms. The molecule has 0 unspecified atom stereocenters. The van der Waals surface area contributed by atoms with Crippen molar-refractivity contribution in [2.45, 2.75) is 13.0 Å². The lowest BCUT2D eigenvalue weighted by Crippen LogP contribution is -2.35. The highest BCUT2D eigenvalue weighted by Gasteiger charge is 2.16. The summed E-state index contributed by atoms with van der Waals surface area (Å²) in [5.41, 5.74) is 0.298. The van der Waals surface area contributed by atoms with Crippen molar-refractivity contribution < 1.29 is 29.6 Å². The second-order valence-corrected chi connectivity index (χ2v) is 5.31. The van der Waals surface area contributed by atoms with Gasteiger partial charge in [0.1, 0.15) is 23.8 Å². The molecule has 5 N–H and O–H groups in total. The highest BCUT2D eigenvalue weighted by atomic mass is 16.5. The normalized spacial score (nSPS) is 11.6. The Labute approximate surface area is 142 Å². The third-order valence-electron chi connectivity index (χ3n) is 3.17. The Hall–Kier alpha value is -3.43. The van der Waals surface area contributed by atoms with Gasteiger partial charge in [0, 0.05) is 19.2 Å². The largest absolute Gasteiger partial charge is 0.508 e. The Morgan fingerprint density at radius 2 is 2.04 bits per heavy atom. The number of carboxylic acid groups (broad SMARTS) is 1. The zero-order valence-electron chi connectivity index (χ0n) is 13.6. The van der Waals surface area contributed by atoms with E-state index >= 15 is 0 Å². The standard InChI is InChI=1S/C15H18N4O6/c1-8(16-15(23)24)7-25-13-6-11(19(2)18-13)14(22)17-10-4-3-9(20)5-12(10)21/h3-6,8,16,20-21H,7H2,1-2H3,(H,17,22)(H,23,24)/t8-/m0/s1. The number of hydrogen-bond donors (Lipinski definition) is 5. The molecule has 1 aromatic heterocycles. The number of carbonyl (C=O) groups excluding carboxylic acids is 1. The van der Waals surface area contributed by atoms with Crippen LogP contribution in [-0.2, 0) is 7.05 Å². The van der Waals surface area contributed by atoms with Crippen LogP contribution in [-0.4, -0.2) is 49.7 Å². The minimum atomic E-state index is -1.16. The summed E-state index contributed by atoms with van der Waals surface area (Å²) < 4.78 is 6.64. The molecule has 2 amide bonds. The molecule has 2 aromatic rings. The fourth-order valence-electron chi connectivity index (χ4n) is 2.00. The summed E-state index contributed by atoms with van der Waals surface area (Å²) in [5.74, 6) is -0.791. The van der Waals surface area contributed by atoms with Crippen molar-refractivity contribution in [3.05, 3.63) is 30.0 Å². The van der Waals surface area contributed by atoms with Crippen molar-refractivity contribution in [1.82, 2.24) is 15.1 Å². The first-order valence-electron chi connectivity index (χ1n) is 7.26. The summed E-state index contributed by atoms with van der Waals surface area (Å²) in [6, 6.07) is 4.72. The Morgan fingerprint density at radius 3 is 2.68 bits per heavy atom. The maximum Gasteiger partial charge on any atom is 0.404 e. The number of anilines is 1. The molecule has 10 heteroatoms. The van der Waals surface area contributed by atoms with Crippen molar-refractivity contribution in [2.75, 3.05) is 11.9 Å². The number of aryl methyl sites for hydroxylation is 1. The number of aromatic hydroxyl groups is 2. The number of carbonyl (C=O) groups is 2. The molecular weight excluding hydrogens is 332 g/mol. The monoisotopic (exact) mass is 350 g/mol. The number of rotatable bonds is 6. The molecule has 10 nitrogen and oxygen atoms in total. The lowest BCUT2D eigenvalue weighted by Gasteiger charge is -2.10. The minimum absolute atomic E-state index is 0.0448. The third kappa shape index (κ3) is 4.77. The van der Waals surface area contributed by atoms with Gasteiger partial charge in [0.15, 0.2) is 0 Å². The first-order chi connectivity index (χ1) is 11.8. The number of amides is 2. The molecular formula is C15H18N4O6. The van der Waals surface area contributed by atoms with Gasteiger partial charge in [-0.3, -0.25) is 9.48 Å². The van der Waals surface area contributed by atoms with Gasteiger partial charge < -0.3 is 30.7 Å². The molecule has 1 aromatic carbocycles. The topological polar surface area (TPSA) is 146 Å². The summed E-state index contributed by atoms with van der Waals surface area (Å²) in [7, 11) is 1.54. The number of benzene rings is 1. The molecule has 0 saturated heterocycles. The number of hydrogen-bond acceptors (Lipinski definition) is 6. The van der Waals surface area contributed by atoms with Crippen LogP contribution in [0.4, 0.5) is 10.5 Å². The molecule has 134 valence electrons.